The van der Waals surface area contributed by atoms with Crippen molar-refractivity contribution in [2.75, 3.05) is 0 Å². The zero-order valence-electron chi connectivity index (χ0n) is 17.1. The number of pyridine rings is 1. The maximum absolute atomic E-state index is 11.9. The van der Waals surface area contributed by atoms with Gasteiger partial charge < -0.3 is 5.11 Å². The number of H-pyrrole nitrogens is 1. The van der Waals surface area contributed by atoms with Gasteiger partial charge in [0.2, 0.25) is 10.0 Å². The van der Waals surface area contributed by atoms with Crippen molar-refractivity contribution in [1.82, 2.24) is 25.6 Å². The molecule has 4 N–H and O–H groups in total. The Morgan fingerprint density at radius 3 is 2.29 bits per heavy atom. The number of carbonyl (C=O) groups is 1. The van der Waals surface area contributed by atoms with E-state index < -0.39 is 27.8 Å². The Labute approximate surface area is 180 Å². The van der Waals surface area contributed by atoms with E-state index in [0.717, 1.165) is 11.1 Å². The van der Waals surface area contributed by atoms with Crippen LogP contribution < -0.4 is 5.14 Å². The number of sulfonamides is 1. The number of aromatic nitrogens is 5. The lowest BCUT2D eigenvalue weighted by Crippen LogP contribution is -2.26. The highest BCUT2D eigenvalue weighted by Gasteiger charge is 2.33. The van der Waals surface area contributed by atoms with Crippen LogP contribution >= 0.6 is 0 Å². The molecule has 11 heteroatoms. The molecule has 3 rings (SSSR count). The fourth-order valence-electron chi connectivity index (χ4n) is 3.46. The smallest absolute Gasteiger partial charge is 0.307 e. The van der Waals surface area contributed by atoms with E-state index in [2.05, 4.69) is 25.6 Å². The number of hydrogen-bond donors (Lipinski definition) is 3. The van der Waals surface area contributed by atoms with Gasteiger partial charge in [0, 0.05) is 29.8 Å². The van der Waals surface area contributed by atoms with Crippen molar-refractivity contribution in [3.63, 3.8) is 0 Å². The first-order valence-electron chi connectivity index (χ1n) is 9.69. The van der Waals surface area contributed by atoms with Gasteiger partial charge in [-0.05, 0) is 36.1 Å². The number of tetrazole rings is 1. The molecular weight excluding hydrogens is 420 g/mol. The van der Waals surface area contributed by atoms with E-state index in [4.69, 9.17) is 5.14 Å². The zero-order chi connectivity index (χ0) is 22.6. The van der Waals surface area contributed by atoms with E-state index in [1.165, 1.54) is 12.1 Å². The number of nitrogens with one attached hydrogen (secondary N) is 1. The Morgan fingerprint density at radius 1 is 1.13 bits per heavy atom. The molecule has 0 aliphatic carbocycles. The van der Waals surface area contributed by atoms with Gasteiger partial charge in [-0.25, -0.2) is 13.6 Å². The third-order valence-corrected chi connectivity index (χ3v) is 5.92. The predicted molar refractivity (Wildman–Crippen MR) is 112 cm³/mol. The summed E-state index contributed by atoms with van der Waals surface area (Å²) in [5.41, 5.74) is 2.26. The van der Waals surface area contributed by atoms with Crippen molar-refractivity contribution >= 4 is 16.0 Å². The minimum Gasteiger partial charge on any atom is -0.481 e. The second-order valence-electron chi connectivity index (χ2n) is 7.76. The van der Waals surface area contributed by atoms with Crippen LogP contribution in [0, 0.1) is 11.8 Å². The third kappa shape index (κ3) is 5.70. The second-order valence-corrected chi connectivity index (χ2v) is 9.32. The molecule has 0 saturated carbocycles. The molecule has 0 fully saturated rings. The fourth-order valence-corrected chi connectivity index (χ4v) is 3.98. The molecule has 31 heavy (non-hydrogen) atoms. The van der Waals surface area contributed by atoms with Crippen LogP contribution in [0.5, 0.6) is 0 Å². The van der Waals surface area contributed by atoms with Gasteiger partial charge in [-0.2, -0.15) is 5.21 Å². The third-order valence-electron chi connectivity index (χ3n) is 4.99. The van der Waals surface area contributed by atoms with E-state index in [-0.39, 0.29) is 10.8 Å². The number of carboxylic acid groups (broad SMARTS) is 1. The molecule has 0 aliphatic rings. The molecular formula is C20H24N6O4S. The van der Waals surface area contributed by atoms with Crippen molar-refractivity contribution in [3.8, 4) is 11.1 Å². The van der Waals surface area contributed by atoms with Gasteiger partial charge in [0.25, 0.3) is 0 Å². The number of nitrogens with zero attached hydrogens (tertiary/aromatic N) is 4. The molecule has 0 saturated heterocycles. The number of rotatable bonds is 9. The molecule has 1 aromatic carbocycles. The quantitative estimate of drug-likeness (QED) is 0.451. The highest BCUT2D eigenvalue weighted by molar-refractivity contribution is 7.89. The number of hydrogen-bond acceptors (Lipinski definition) is 7. The van der Waals surface area contributed by atoms with Crippen molar-refractivity contribution in [3.05, 3.63) is 54.1 Å². The number of carboxylic acids is 1. The summed E-state index contributed by atoms with van der Waals surface area (Å²) in [6.07, 6.45) is 2.48. The van der Waals surface area contributed by atoms with Crippen LogP contribution in [0.3, 0.4) is 0 Å². The topological polar surface area (TPSA) is 165 Å². The van der Waals surface area contributed by atoms with E-state index in [1.54, 1.807) is 18.3 Å². The largest absolute Gasteiger partial charge is 0.481 e. The molecule has 0 spiro atoms. The van der Waals surface area contributed by atoms with Crippen LogP contribution in [0.25, 0.3) is 11.1 Å². The maximum Gasteiger partial charge on any atom is 0.307 e. The summed E-state index contributed by atoms with van der Waals surface area (Å²) in [6, 6.07) is 9.84. The van der Waals surface area contributed by atoms with Gasteiger partial charge in [0.1, 0.15) is 0 Å². The lowest BCUT2D eigenvalue weighted by atomic mass is 9.82. The fraction of sp³-hybridized carbons (Fsp3) is 0.350. The van der Waals surface area contributed by atoms with Gasteiger partial charge >= 0.3 is 5.97 Å². The molecule has 0 unspecified atom stereocenters. The van der Waals surface area contributed by atoms with Gasteiger partial charge in [-0.3, -0.25) is 9.78 Å². The number of aromatic amines is 1. The van der Waals surface area contributed by atoms with E-state index >= 15 is 0 Å². The number of benzene rings is 1. The average Bonchev–Trinajstić information content (AvgIpc) is 3.25. The van der Waals surface area contributed by atoms with E-state index in [9.17, 15) is 18.3 Å². The molecule has 2 heterocycles. The van der Waals surface area contributed by atoms with Gasteiger partial charge in [0.05, 0.1) is 10.8 Å². The number of nitrogens with two attached hydrogens (primary N) is 1. The van der Waals surface area contributed by atoms with E-state index in [1.807, 2.05) is 26.0 Å². The standard InChI is InChI=1S/C20H24N6O4S/c1-12(2)9-18(20(27)28)17(19-23-25-26-24-19)10-15-6-3-14(11-22-15)13-4-7-16(8-5-13)31(21,29)30/h3-8,11-12,17-18H,9-10H2,1-2H3,(H,27,28)(H2,21,29,30)(H,23,24,25,26)/t17-,18-/m0/s1. The first kappa shape index (κ1) is 22.5. The second kappa shape index (κ2) is 9.31. The predicted octanol–water partition coefficient (Wildman–Crippen LogP) is 1.98. The summed E-state index contributed by atoms with van der Waals surface area (Å²) in [6.45, 7) is 3.94. The summed E-state index contributed by atoms with van der Waals surface area (Å²) < 4.78 is 22.8. The average molecular weight is 445 g/mol. The molecule has 0 radical (unpaired) electrons. The van der Waals surface area contributed by atoms with E-state index in [0.29, 0.717) is 24.4 Å². The lowest BCUT2D eigenvalue weighted by Gasteiger charge is -2.22. The molecule has 0 aliphatic heterocycles. The summed E-state index contributed by atoms with van der Waals surface area (Å²) in [5, 5.41) is 28.9. The Morgan fingerprint density at radius 2 is 1.81 bits per heavy atom. The first-order chi connectivity index (χ1) is 14.6. The molecule has 2 atom stereocenters. The monoisotopic (exact) mass is 444 g/mol. The first-order valence-corrected chi connectivity index (χ1v) is 11.2. The minimum atomic E-state index is -3.75. The summed E-state index contributed by atoms with van der Waals surface area (Å²) in [7, 11) is -3.75. The molecule has 0 amide bonds. The van der Waals surface area contributed by atoms with Crippen molar-refractivity contribution in [1.29, 1.82) is 0 Å². The zero-order valence-corrected chi connectivity index (χ0v) is 18.0. The maximum atomic E-state index is 11.9. The van der Waals surface area contributed by atoms with Crippen LogP contribution in [0.4, 0.5) is 0 Å². The van der Waals surface area contributed by atoms with Gasteiger partial charge in [-0.15, -0.1) is 10.2 Å². The van der Waals surface area contributed by atoms with Crippen molar-refractivity contribution in [2.45, 2.75) is 37.5 Å². The normalized spacial score (nSPS) is 13.8. The van der Waals surface area contributed by atoms with Crippen molar-refractivity contribution < 1.29 is 18.3 Å². The highest BCUT2D eigenvalue weighted by Crippen LogP contribution is 2.31. The number of aliphatic carboxylic acids is 1. The summed E-state index contributed by atoms with van der Waals surface area (Å²) in [4.78, 5) is 16.5. The van der Waals surface area contributed by atoms with Crippen LogP contribution in [0.15, 0.2) is 47.5 Å². The van der Waals surface area contributed by atoms with Gasteiger partial charge in [0.15, 0.2) is 5.82 Å². The van der Waals surface area contributed by atoms with Crippen LogP contribution in [0.1, 0.15) is 37.7 Å². The SMILES string of the molecule is CC(C)C[C@H](C(=O)O)[C@H](Cc1ccc(-c2ccc(S(N)(=O)=O)cc2)cn1)c1nn[nH]n1. The summed E-state index contributed by atoms with van der Waals surface area (Å²) >= 11 is 0. The Kier molecular flexibility index (Phi) is 6.76. The molecule has 2 aromatic heterocycles. The molecule has 3 aromatic rings. The Bertz CT molecular complexity index is 1110. The molecule has 164 valence electrons. The highest BCUT2D eigenvalue weighted by atomic mass is 32.2. The molecule has 0 bridgehead atoms. The summed E-state index contributed by atoms with van der Waals surface area (Å²) in [5.74, 6) is -1.53. The van der Waals surface area contributed by atoms with Gasteiger partial charge in [-0.1, -0.05) is 37.3 Å². The lowest BCUT2D eigenvalue weighted by molar-refractivity contribution is -0.143. The Balaban J connectivity index is 1.84. The van der Waals surface area contributed by atoms with Crippen molar-refractivity contribution in [2.24, 2.45) is 17.0 Å². The van der Waals surface area contributed by atoms with Crippen LogP contribution in [-0.4, -0.2) is 45.1 Å². The number of primary sulfonamides is 1. The Hall–Kier alpha value is -3.18. The minimum absolute atomic E-state index is 0.0358. The molecule has 10 nitrogen and oxygen atoms in total. The van der Waals surface area contributed by atoms with Crippen LogP contribution in [-0.2, 0) is 21.2 Å². The van der Waals surface area contributed by atoms with Crippen LogP contribution in [0.2, 0.25) is 0 Å².